The summed E-state index contributed by atoms with van der Waals surface area (Å²) in [4.78, 5) is 0. The van der Waals surface area contributed by atoms with Crippen LogP contribution in [-0.2, 0) is 16.6 Å². The number of nitrogens with one attached hydrogen (secondary N) is 1. The Morgan fingerprint density at radius 1 is 1.33 bits per heavy atom. The van der Waals surface area contributed by atoms with Crippen molar-refractivity contribution >= 4 is 10.0 Å². The molecule has 0 aromatic heterocycles. The Morgan fingerprint density at radius 2 is 2.14 bits per heavy atom. The van der Waals surface area contributed by atoms with Crippen LogP contribution < -0.4 is 5.32 Å². The quantitative estimate of drug-likeness (QED) is 0.877. The standard InChI is InChI=1S/C16H26N2O2S/c1-14-6-5-7-15(12-14)13-18(2)21(19,20)11-9-16-8-3-4-10-17-16/h5-7,12,16-17H,3-4,8-11,13H2,1-2H3. The minimum absolute atomic E-state index is 0.229. The van der Waals surface area contributed by atoms with Gasteiger partial charge in [-0.05, 0) is 38.3 Å². The second-order valence-corrected chi connectivity index (χ2v) is 8.19. The molecule has 21 heavy (non-hydrogen) atoms. The molecular formula is C16H26N2O2S. The highest BCUT2D eigenvalue weighted by molar-refractivity contribution is 7.89. The second-order valence-electron chi connectivity index (χ2n) is 6.00. The smallest absolute Gasteiger partial charge is 0.214 e. The van der Waals surface area contributed by atoms with Gasteiger partial charge in [0.05, 0.1) is 5.75 Å². The van der Waals surface area contributed by atoms with E-state index in [0.29, 0.717) is 19.0 Å². The molecule has 5 heteroatoms. The van der Waals surface area contributed by atoms with Crippen molar-refractivity contribution in [3.63, 3.8) is 0 Å². The van der Waals surface area contributed by atoms with Crippen LogP contribution in [0.15, 0.2) is 24.3 Å². The lowest BCUT2D eigenvalue weighted by Crippen LogP contribution is -2.37. The molecule has 1 N–H and O–H groups in total. The van der Waals surface area contributed by atoms with Gasteiger partial charge in [0.2, 0.25) is 10.0 Å². The summed E-state index contributed by atoms with van der Waals surface area (Å²) in [6, 6.07) is 8.36. The number of piperidine rings is 1. The number of benzene rings is 1. The molecule has 1 aliphatic heterocycles. The van der Waals surface area contributed by atoms with Crippen LogP contribution in [0.5, 0.6) is 0 Å². The van der Waals surface area contributed by atoms with Gasteiger partial charge >= 0.3 is 0 Å². The van der Waals surface area contributed by atoms with Gasteiger partial charge in [0.1, 0.15) is 0 Å². The van der Waals surface area contributed by atoms with E-state index in [1.165, 1.54) is 17.1 Å². The molecule has 1 aromatic carbocycles. The fourth-order valence-electron chi connectivity index (χ4n) is 2.78. The summed E-state index contributed by atoms with van der Waals surface area (Å²) in [6.07, 6.45) is 4.21. The number of aryl methyl sites for hydroxylation is 1. The maximum atomic E-state index is 12.4. The molecule has 2 rings (SSSR count). The fraction of sp³-hybridized carbons (Fsp3) is 0.625. The van der Waals surface area contributed by atoms with E-state index in [0.717, 1.165) is 24.1 Å². The Labute approximate surface area is 128 Å². The van der Waals surface area contributed by atoms with Crippen LogP contribution >= 0.6 is 0 Å². The van der Waals surface area contributed by atoms with Crippen LogP contribution in [0.2, 0.25) is 0 Å². The van der Waals surface area contributed by atoms with Crippen molar-refractivity contribution in [3.8, 4) is 0 Å². The van der Waals surface area contributed by atoms with Crippen molar-refractivity contribution in [2.24, 2.45) is 0 Å². The Kier molecular flexibility index (Phi) is 5.79. The van der Waals surface area contributed by atoms with E-state index in [4.69, 9.17) is 0 Å². The first kappa shape index (κ1) is 16.5. The average Bonchev–Trinajstić information content (AvgIpc) is 2.46. The van der Waals surface area contributed by atoms with Crippen LogP contribution in [0.4, 0.5) is 0 Å². The average molecular weight is 310 g/mol. The normalized spacial score (nSPS) is 19.9. The number of hydrogen-bond donors (Lipinski definition) is 1. The van der Waals surface area contributed by atoms with Crippen molar-refractivity contribution in [3.05, 3.63) is 35.4 Å². The predicted octanol–water partition coefficient (Wildman–Crippen LogP) is 2.29. The Balaban J connectivity index is 1.88. The van der Waals surface area contributed by atoms with E-state index < -0.39 is 10.0 Å². The number of rotatable bonds is 6. The maximum absolute atomic E-state index is 12.4. The molecule has 0 amide bonds. The van der Waals surface area contributed by atoms with E-state index in [1.807, 2.05) is 31.2 Å². The third kappa shape index (κ3) is 5.09. The van der Waals surface area contributed by atoms with Gasteiger partial charge in [0, 0.05) is 19.6 Å². The molecule has 0 spiro atoms. The third-order valence-electron chi connectivity index (χ3n) is 4.10. The lowest BCUT2D eigenvalue weighted by molar-refractivity contribution is 0.388. The molecule has 0 aliphatic carbocycles. The van der Waals surface area contributed by atoms with Crippen molar-refractivity contribution < 1.29 is 8.42 Å². The highest BCUT2D eigenvalue weighted by Gasteiger charge is 2.21. The molecule has 118 valence electrons. The summed E-state index contributed by atoms with van der Waals surface area (Å²) >= 11 is 0. The zero-order valence-electron chi connectivity index (χ0n) is 13.0. The van der Waals surface area contributed by atoms with Gasteiger partial charge in [-0.3, -0.25) is 0 Å². The molecule has 4 nitrogen and oxygen atoms in total. The number of sulfonamides is 1. The fourth-order valence-corrected chi connectivity index (χ4v) is 4.02. The van der Waals surface area contributed by atoms with Crippen molar-refractivity contribution in [1.29, 1.82) is 0 Å². The lowest BCUT2D eigenvalue weighted by atomic mass is 10.0. The number of hydrogen-bond acceptors (Lipinski definition) is 3. The molecule has 1 aromatic rings. The van der Waals surface area contributed by atoms with E-state index in [-0.39, 0.29) is 5.75 Å². The molecule has 1 heterocycles. The van der Waals surface area contributed by atoms with E-state index >= 15 is 0 Å². The lowest BCUT2D eigenvalue weighted by Gasteiger charge is -2.24. The van der Waals surface area contributed by atoms with Gasteiger partial charge in [-0.2, -0.15) is 0 Å². The van der Waals surface area contributed by atoms with Gasteiger partial charge < -0.3 is 5.32 Å². The summed E-state index contributed by atoms with van der Waals surface area (Å²) in [5.74, 6) is 0.229. The Morgan fingerprint density at radius 3 is 2.81 bits per heavy atom. The highest BCUT2D eigenvalue weighted by Crippen LogP contribution is 2.14. The van der Waals surface area contributed by atoms with Crippen LogP contribution in [0.1, 0.15) is 36.8 Å². The van der Waals surface area contributed by atoms with E-state index in [1.54, 1.807) is 7.05 Å². The zero-order chi connectivity index (χ0) is 15.3. The summed E-state index contributed by atoms with van der Waals surface area (Å²) < 4.78 is 26.2. The molecule has 1 atom stereocenters. The summed E-state index contributed by atoms with van der Waals surface area (Å²) in [7, 11) is -1.50. The van der Waals surface area contributed by atoms with E-state index in [2.05, 4.69) is 5.32 Å². The minimum atomic E-state index is -3.18. The first-order valence-corrected chi connectivity index (χ1v) is 9.31. The van der Waals surface area contributed by atoms with Gasteiger partial charge in [-0.25, -0.2) is 12.7 Å². The van der Waals surface area contributed by atoms with E-state index in [9.17, 15) is 8.42 Å². The molecular weight excluding hydrogens is 284 g/mol. The Bertz CT molecular complexity index is 551. The van der Waals surface area contributed by atoms with Gasteiger partial charge in [0.15, 0.2) is 0 Å². The van der Waals surface area contributed by atoms with Crippen molar-refractivity contribution in [2.75, 3.05) is 19.3 Å². The van der Waals surface area contributed by atoms with Crippen LogP contribution in [0.3, 0.4) is 0 Å². The first-order chi connectivity index (χ1) is 9.97. The summed E-state index contributed by atoms with van der Waals surface area (Å²) in [6.45, 7) is 3.48. The summed E-state index contributed by atoms with van der Waals surface area (Å²) in [5.41, 5.74) is 2.20. The predicted molar refractivity (Wildman–Crippen MR) is 86.7 cm³/mol. The Hall–Kier alpha value is -0.910. The SMILES string of the molecule is Cc1cccc(CN(C)S(=O)(=O)CCC2CCCCN2)c1. The second kappa shape index (κ2) is 7.38. The first-order valence-electron chi connectivity index (χ1n) is 7.70. The summed E-state index contributed by atoms with van der Waals surface area (Å²) in [5, 5.41) is 3.40. The van der Waals surface area contributed by atoms with Crippen molar-refractivity contribution in [1.82, 2.24) is 9.62 Å². The molecule has 1 saturated heterocycles. The minimum Gasteiger partial charge on any atom is -0.314 e. The molecule has 1 fully saturated rings. The monoisotopic (exact) mass is 310 g/mol. The van der Waals surface area contributed by atoms with Crippen molar-refractivity contribution in [2.45, 2.75) is 45.2 Å². The van der Waals surface area contributed by atoms with Gasteiger partial charge in [0.25, 0.3) is 0 Å². The molecule has 1 aliphatic rings. The number of nitrogens with zero attached hydrogens (tertiary/aromatic N) is 1. The molecule has 1 unspecified atom stereocenters. The van der Waals surface area contributed by atoms with Crippen LogP contribution in [-0.4, -0.2) is 38.1 Å². The molecule has 0 saturated carbocycles. The maximum Gasteiger partial charge on any atom is 0.214 e. The topological polar surface area (TPSA) is 49.4 Å². The molecule has 0 radical (unpaired) electrons. The highest BCUT2D eigenvalue weighted by atomic mass is 32.2. The molecule has 0 bridgehead atoms. The largest absolute Gasteiger partial charge is 0.314 e. The van der Waals surface area contributed by atoms with Gasteiger partial charge in [-0.15, -0.1) is 0 Å². The zero-order valence-corrected chi connectivity index (χ0v) is 13.8. The van der Waals surface area contributed by atoms with Crippen LogP contribution in [0.25, 0.3) is 0 Å². The van der Waals surface area contributed by atoms with Gasteiger partial charge in [-0.1, -0.05) is 36.2 Å². The van der Waals surface area contributed by atoms with Crippen LogP contribution in [0, 0.1) is 6.92 Å². The third-order valence-corrected chi connectivity index (χ3v) is 5.93.